The standard InChI is InChI=1S/C22H14Cl2O3/c23-17-10-5-15(6-11-17)7-14-21(25)16-8-12-18(13-9-16)27-22(26)19-3-1-2-4-20(19)24/h1-14H. The van der Waals surface area contributed by atoms with E-state index in [9.17, 15) is 9.59 Å². The Labute approximate surface area is 166 Å². The molecule has 3 aromatic carbocycles. The second-order valence-corrected chi connectivity index (χ2v) is 6.49. The number of carbonyl (C=O) groups is 2. The van der Waals surface area contributed by atoms with Crippen LogP contribution in [-0.4, -0.2) is 11.8 Å². The molecule has 0 saturated carbocycles. The van der Waals surface area contributed by atoms with Crippen LogP contribution in [0.15, 0.2) is 78.9 Å². The van der Waals surface area contributed by atoms with Crippen LogP contribution in [0.5, 0.6) is 5.75 Å². The van der Waals surface area contributed by atoms with E-state index in [0.29, 0.717) is 21.4 Å². The molecule has 3 aromatic rings. The first kappa shape index (κ1) is 18.9. The van der Waals surface area contributed by atoms with E-state index >= 15 is 0 Å². The van der Waals surface area contributed by atoms with E-state index in [0.717, 1.165) is 5.56 Å². The van der Waals surface area contributed by atoms with E-state index in [1.807, 2.05) is 12.1 Å². The number of allylic oxidation sites excluding steroid dienone is 1. The number of carbonyl (C=O) groups excluding carboxylic acids is 2. The quantitative estimate of drug-likeness (QED) is 0.226. The molecule has 0 radical (unpaired) electrons. The first-order chi connectivity index (χ1) is 13.0. The molecule has 0 aromatic heterocycles. The molecule has 0 spiro atoms. The Hall–Kier alpha value is -2.88. The Bertz CT molecular complexity index is 991. The number of ether oxygens (including phenoxy) is 1. The third kappa shape index (κ3) is 5.07. The van der Waals surface area contributed by atoms with Crippen LogP contribution in [0.1, 0.15) is 26.3 Å². The monoisotopic (exact) mass is 396 g/mol. The normalized spacial score (nSPS) is 10.7. The van der Waals surface area contributed by atoms with E-state index in [-0.39, 0.29) is 11.3 Å². The highest BCUT2D eigenvalue weighted by atomic mass is 35.5. The van der Waals surface area contributed by atoms with Crippen LogP contribution in [-0.2, 0) is 0 Å². The lowest BCUT2D eigenvalue weighted by atomic mass is 10.1. The average molecular weight is 397 g/mol. The molecule has 0 amide bonds. The summed E-state index contributed by atoms with van der Waals surface area (Å²) in [6.07, 6.45) is 3.19. The van der Waals surface area contributed by atoms with Crippen molar-refractivity contribution in [3.63, 3.8) is 0 Å². The molecular weight excluding hydrogens is 383 g/mol. The van der Waals surface area contributed by atoms with Crippen molar-refractivity contribution >= 4 is 41.0 Å². The predicted molar refractivity (Wildman–Crippen MR) is 108 cm³/mol. The van der Waals surface area contributed by atoms with Gasteiger partial charge in [-0.1, -0.05) is 53.5 Å². The molecule has 0 N–H and O–H groups in total. The zero-order valence-electron chi connectivity index (χ0n) is 14.1. The minimum absolute atomic E-state index is 0.158. The number of esters is 1. The zero-order chi connectivity index (χ0) is 19.2. The third-order valence-electron chi connectivity index (χ3n) is 3.74. The minimum atomic E-state index is -0.553. The molecule has 0 bridgehead atoms. The second-order valence-electron chi connectivity index (χ2n) is 5.64. The summed E-state index contributed by atoms with van der Waals surface area (Å²) in [6.45, 7) is 0. The van der Waals surface area contributed by atoms with Crippen LogP contribution in [0.4, 0.5) is 0 Å². The van der Waals surface area contributed by atoms with Crippen LogP contribution in [0.25, 0.3) is 6.08 Å². The summed E-state index contributed by atoms with van der Waals surface area (Å²) in [7, 11) is 0. The molecule has 3 rings (SSSR count). The van der Waals surface area contributed by atoms with Crippen molar-refractivity contribution in [3.05, 3.63) is 106 Å². The number of rotatable bonds is 5. The van der Waals surface area contributed by atoms with E-state index in [1.165, 1.54) is 6.08 Å². The molecule has 3 nitrogen and oxygen atoms in total. The van der Waals surface area contributed by atoms with E-state index in [2.05, 4.69) is 0 Å². The first-order valence-corrected chi connectivity index (χ1v) is 8.83. The fourth-order valence-corrected chi connectivity index (χ4v) is 2.66. The Morgan fingerprint density at radius 2 is 1.48 bits per heavy atom. The molecule has 27 heavy (non-hydrogen) atoms. The molecule has 0 unspecified atom stereocenters. The fourth-order valence-electron chi connectivity index (χ4n) is 2.32. The SMILES string of the molecule is O=C(C=Cc1ccc(Cl)cc1)c1ccc(OC(=O)c2ccccc2Cl)cc1. The molecule has 0 fully saturated rings. The van der Waals surface area contributed by atoms with Crippen LogP contribution in [0, 0.1) is 0 Å². The number of ketones is 1. The van der Waals surface area contributed by atoms with Gasteiger partial charge in [-0.05, 0) is 60.2 Å². The van der Waals surface area contributed by atoms with E-state index < -0.39 is 5.97 Å². The number of benzene rings is 3. The van der Waals surface area contributed by atoms with E-state index in [4.69, 9.17) is 27.9 Å². The summed E-state index contributed by atoms with van der Waals surface area (Å²) in [5, 5.41) is 0.960. The Kier molecular flexibility index (Phi) is 6.07. The van der Waals surface area contributed by atoms with Gasteiger partial charge in [0.1, 0.15) is 5.75 Å². The van der Waals surface area contributed by atoms with Crippen LogP contribution in [0.2, 0.25) is 10.0 Å². The van der Waals surface area contributed by atoms with Crippen molar-refractivity contribution in [1.82, 2.24) is 0 Å². The zero-order valence-corrected chi connectivity index (χ0v) is 15.6. The molecule has 5 heteroatoms. The molecule has 0 aliphatic heterocycles. The molecular formula is C22H14Cl2O3. The number of hydrogen-bond acceptors (Lipinski definition) is 3. The van der Waals surface area contributed by atoms with Crippen molar-refractivity contribution < 1.29 is 14.3 Å². The lowest BCUT2D eigenvalue weighted by Gasteiger charge is -2.06. The van der Waals surface area contributed by atoms with Gasteiger partial charge >= 0.3 is 5.97 Å². The van der Waals surface area contributed by atoms with Gasteiger partial charge in [0, 0.05) is 10.6 Å². The lowest BCUT2D eigenvalue weighted by molar-refractivity contribution is 0.0735. The van der Waals surface area contributed by atoms with Gasteiger partial charge in [0.15, 0.2) is 5.78 Å². The summed E-state index contributed by atoms with van der Waals surface area (Å²) in [6, 6.07) is 20.1. The van der Waals surface area contributed by atoms with Gasteiger partial charge in [-0.2, -0.15) is 0 Å². The van der Waals surface area contributed by atoms with E-state index in [1.54, 1.807) is 66.7 Å². The van der Waals surface area contributed by atoms with Gasteiger partial charge in [-0.15, -0.1) is 0 Å². The highest BCUT2D eigenvalue weighted by molar-refractivity contribution is 6.33. The summed E-state index contributed by atoms with van der Waals surface area (Å²) < 4.78 is 5.29. The average Bonchev–Trinajstić information content (AvgIpc) is 2.68. The van der Waals surface area contributed by atoms with Crippen molar-refractivity contribution in [2.75, 3.05) is 0 Å². The first-order valence-electron chi connectivity index (χ1n) is 8.08. The number of hydrogen-bond donors (Lipinski definition) is 0. The number of halogens is 2. The van der Waals surface area contributed by atoms with Gasteiger partial charge < -0.3 is 4.74 Å². The fraction of sp³-hybridized carbons (Fsp3) is 0. The van der Waals surface area contributed by atoms with Gasteiger partial charge in [0.2, 0.25) is 0 Å². The highest BCUT2D eigenvalue weighted by Gasteiger charge is 2.12. The topological polar surface area (TPSA) is 43.4 Å². The summed E-state index contributed by atoms with van der Waals surface area (Å²) in [5.41, 5.74) is 1.64. The van der Waals surface area contributed by atoms with Crippen LogP contribution < -0.4 is 4.74 Å². The Balaban J connectivity index is 1.66. The van der Waals surface area contributed by atoms with Gasteiger partial charge in [0.25, 0.3) is 0 Å². The van der Waals surface area contributed by atoms with Gasteiger partial charge in [-0.25, -0.2) is 4.79 Å². The van der Waals surface area contributed by atoms with Crippen molar-refractivity contribution in [1.29, 1.82) is 0 Å². The van der Waals surface area contributed by atoms with Gasteiger partial charge in [-0.3, -0.25) is 4.79 Å². The highest BCUT2D eigenvalue weighted by Crippen LogP contribution is 2.19. The minimum Gasteiger partial charge on any atom is -0.423 e. The maximum atomic E-state index is 12.2. The Morgan fingerprint density at radius 1 is 0.815 bits per heavy atom. The van der Waals surface area contributed by atoms with Crippen LogP contribution in [0.3, 0.4) is 0 Å². The smallest absolute Gasteiger partial charge is 0.345 e. The molecule has 134 valence electrons. The molecule has 0 aliphatic rings. The second kappa shape index (κ2) is 8.67. The van der Waals surface area contributed by atoms with Crippen LogP contribution >= 0.6 is 23.2 Å². The van der Waals surface area contributed by atoms with Gasteiger partial charge in [0.05, 0.1) is 10.6 Å². The molecule has 0 aliphatic carbocycles. The largest absolute Gasteiger partial charge is 0.423 e. The van der Waals surface area contributed by atoms with Crippen molar-refractivity contribution in [3.8, 4) is 5.75 Å². The molecule has 0 heterocycles. The Morgan fingerprint density at radius 3 is 2.15 bits per heavy atom. The lowest BCUT2D eigenvalue weighted by Crippen LogP contribution is -2.09. The maximum absolute atomic E-state index is 12.2. The summed E-state index contributed by atoms with van der Waals surface area (Å²) in [5.74, 6) is -0.380. The predicted octanol–water partition coefficient (Wildman–Crippen LogP) is 6.11. The maximum Gasteiger partial charge on any atom is 0.345 e. The van der Waals surface area contributed by atoms with Crippen molar-refractivity contribution in [2.45, 2.75) is 0 Å². The molecule has 0 atom stereocenters. The van der Waals surface area contributed by atoms with Crippen molar-refractivity contribution in [2.24, 2.45) is 0 Å². The molecule has 0 saturated heterocycles. The summed E-state index contributed by atoms with van der Waals surface area (Å²) >= 11 is 11.8. The summed E-state index contributed by atoms with van der Waals surface area (Å²) in [4.78, 5) is 24.4. The third-order valence-corrected chi connectivity index (χ3v) is 4.32.